The van der Waals surface area contributed by atoms with Crippen molar-refractivity contribution in [2.24, 2.45) is 5.41 Å². The van der Waals surface area contributed by atoms with Gasteiger partial charge in [0.25, 0.3) is 0 Å². The van der Waals surface area contributed by atoms with Crippen LogP contribution in [0, 0.1) is 5.41 Å². The second-order valence-electron chi connectivity index (χ2n) is 3.87. The van der Waals surface area contributed by atoms with Crippen molar-refractivity contribution in [2.75, 3.05) is 0 Å². The van der Waals surface area contributed by atoms with E-state index in [1.54, 1.807) is 6.92 Å². The number of rotatable bonds is 1. The highest BCUT2D eigenvalue weighted by atomic mass is 16.1. The second-order valence-corrected chi connectivity index (χ2v) is 3.87. The Balaban J connectivity index is 2.71. The van der Waals surface area contributed by atoms with Gasteiger partial charge in [0.05, 0.1) is 0 Å². The first-order valence-electron chi connectivity index (χ1n) is 4.21. The molecule has 1 atom stereocenters. The number of hydrogen-bond donors (Lipinski definition) is 0. The quantitative estimate of drug-likeness (QED) is 0.528. The van der Waals surface area contributed by atoms with Crippen molar-refractivity contribution in [3.05, 3.63) is 11.6 Å². The monoisotopic (exact) mass is 152 g/mol. The highest BCUT2D eigenvalue weighted by Crippen LogP contribution is 2.35. The largest absolute Gasteiger partial charge is 0.299 e. The number of Topliss-reactive ketones (excluding diaryl/α,β-unsaturated/α-hetero) is 1. The van der Waals surface area contributed by atoms with Crippen LogP contribution in [-0.4, -0.2) is 5.78 Å². The number of hydrogen-bond acceptors (Lipinski definition) is 1. The molecule has 1 heteroatoms. The van der Waals surface area contributed by atoms with Gasteiger partial charge in [0.15, 0.2) is 0 Å². The molecule has 1 aliphatic rings. The summed E-state index contributed by atoms with van der Waals surface area (Å²) in [6.07, 6.45) is 5.26. The lowest BCUT2D eigenvalue weighted by Gasteiger charge is -2.29. The number of ketones is 1. The van der Waals surface area contributed by atoms with E-state index in [9.17, 15) is 4.79 Å². The fourth-order valence-corrected chi connectivity index (χ4v) is 1.40. The van der Waals surface area contributed by atoms with Crippen LogP contribution < -0.4 is 0 Å². The number of carbonyl (C=O) groups is 1. The Morgan fingerprint density at radius 2 is 2.27 bits per heavy atom. The summed E-state index contributed by atoms with van der Waals surface area (Å²) >= 11 is 0. The molecule has 0 spiro atoms. The van der Waals surface area contributed by atoms with Crippen LogP contribution in [0.1, 0.15) is 40.0 Å². The predicted molar refractivity (Wildman–Crippen MR) is 46.4 cm³/mol. The number of carbonyl (C=O) groups excluding carboxylic acids is 1. The second kappa shape index (κ2) is 2.80. The molecule has 62 valence electrons. The zero-order valence-electron chi connectivity index (χ0n) is 7.61. The van der Waals surface area contributed by atoms with E-state index in [0.717, 1.165) is 19.3 Å². The van der Waals surface area contributed by atoms with E-state index >= 15 is 0 Å². The molecule has 1 rings (SSSR count). The topological polar surface area (TPSA) is 17.1 Å². The minimum absolute atomic E-state index is 0.0560. The molecule has 0 aromatic rings. The molecule has 0 radical (unpaired) electrons. The Morgan fingerprint density at radius 1 is 1.64 bits per heavy atom. The molecule has 0 aliphatic heterocycles. The number of allylic oxidation sites excluding steroid dienone is 2. The molecule has 0 bridgehead atoms. The highest BCUT2D eigenvalue weighted by Gasteiger charge is 2.30. The Bertz CT molecular complexity index is 203. The van der Waals surface area contributed by atoms with Crippen LogP contribution in [0.2, 0.25) is 0 Å². The molecule has 0 N–H and O–H groups in total. The maximum Gasteiger partial charge on any atom is 0.136 e. The van der Waals surface area contributed by atoms with E-state index < -0.39 is 0 Å². The van der Waals surface area contributed by atoms with Crippen molar-refractivity contribution >= 4 is 5.78 Å². The van der Waals surface area contributed by atoms with Crippen LogP contribution in [0.4, 0.5) is 0 Å². The lowest BCUT2D eigenvalue weighted by molar-refractivity contribution is -0.126. The minimum atomic E-state index is -0.0560. The lowest BCUT2D eigenvalue weighted by atomic mass is 9.74. The van der Waals surface area contributed by atoms with Crippen LogP contribution >= 0.6 is 0 Å². The summed E-state index contributed by atoms with van der Waals surface area (Å²) in [7, 11) is 0. The zero-order valence-corrected chi connectivity index (χ0v) is 7.61. The van der Waals surface area contributed by atoms with Crippen molar-refractivity contribution in [2.45, 2.75) is 40.0 Å². The van der Waals surface area contributed by atoms with Crippen LogP contribution in [0.5, 0.6) is 0 Å². The summed E-state index contributed by atoms with van der Waals surface area (Å²) in [5.41, 5.74) is 1.38. The fourth-order valence-electron chi connectivity index (χ4n) is 1.40. The predicted octanol–water partition coefficient (Wildman–Crippen LogP) is 2.71. The van der Waals surface area contributed by atoms with Gasteiger partial charge in [-0.05, 0) is 33.1 Å². The molecule has 0 saturated carbocycles. The van der Waals surface area contributed by atoms with Crippen LogP contribution in [0.25, 0.3) is 0 Å². The molecule has 0 unspecified atom stereocenters. The summed E-state index contributed by atoms with van der Waals surface area (Å²) in [4.78, 5) is 11.2. The van der Waals surface area contributed by atoms with Gasteiger partial charge in [0, 0.05) is 5.41 Å². The van der Waals surface area contributed by atoms with Crippen molar-refractivity contribution in [3.8, 4) is 0 Å². The molecule has 0 amide bonds. The molecular weight excluding hydrogens is 136 g/mol. The van der Waals surface area contributed by atoms with E-state index in [2.05, 4.69) is 19.9 Å². The van der Waals surface area contributed by atoms with E-state index in [1.165, 1.54) is 5.57 Å². The van der Waals surface area contributed by atoms with Gasteiger partial charge in [-0.15, -0.1) is 0 Å². The Labute approximate surface area is 68.5 Å². The summed E-state index contributed by atoms with van der Waals surface area (Å²) in [6.45, 7) is 5.91. The van der Waals surface area contributed by atoms with Crippen molar-refractivity contribution < 1.29 is 4.79 Å². The van der Waals surface area contributed by atoms with Gasteiger partial charge in [-0.3, -0.25) is 4.79 Å². The maximum absolute atomic E-state index is 11.2. The maximum atomic E-state index is 11.2. The fraction of sp³-hybridized carbons (Fsp3) is 0.700. The van der Waals surface area contributed by atoms with Crippen LogP contribution in [-0.2, 0) is 4.79 Å². The molecule has 1 nitrogen and oxygen atoms in total. The Hall–Kier alpha value is -0.590. The average Bonchev–Trinajstić information content (AvgIpc) is 1.95. The van der Waals surface area contributed by atoms with E-state index in [0.29, 0.717) is 5.78 Å². The molecule has 0 aromatic carbocycles. The third kappa shape index (κ3) is 1.70. The first kappa shape index (κ1) is 8.51. The van der Waals surface area contributed by atoms with E-state index in [1.807, 2.05) is 0 Å². The highest BCUT2D eigenvalue weighted by molar-refractivity contribution is 5.82. The minimum Gasteiger partial charge on any atom is -0.299 e. The van der Waals surface area contributed by atoms with E-state index in [4.69, 9.17) is 0 Å². The van der Waals surface area contributed by atoms with Gasteiger partial charge in [-0.1, -0.05) is 18.6 Å². The molecular formula is C10H16O. The van der Waals surface area contributed by atoms with Crippen LogP contribution in [0.15, 0.2) is 11.6 Å². The molecule has 0 heterocycles. The smallest absolute Gasteiger partial charge is 0.136 e. The van der Waals surface area contributed by atoms with Gasteiger partial charge in [0.1, 0.15) is 5.78 Å². The Kier molecular flexibility index (Phi) is 2.17. The first-order valence-corrected chi connectivity index (χ1v) is 4.21. The summed E-state index contributed by atoms with van der Waals surface area (Å²) < 4.78 is 0. The molecule has 11 heavy (non-hydrogen) atoms. The molecule has 0 saturated heterocycles. The SMILES string of the molecule is CC(=O)[C@@]1(C)CC=C(C)CC1. The van der Waals surface area contributed by atoms with Crippen molar-refractivity contribution in [3.63, 3.8) is 0 Å². The molecule has 0 aromatic heterocycles. The van der Waals surface area contributed by atoms with Gasteiger partial charge < -0.3 is 0 Å². The van der Waals surface area contributed by atoms with Gasteiger partial charge in [0.2, 0.25) is 0 Å². The molecule has 0 fully saturated rings. The Morgan fingerprint density at radius 3 is 2.64 bits per heavy atom. The summed E-state index contributed by atoms with van der Waals surface area (Å²) in [6, 6.07) is 0. The van der Waals surface area contributed by atoms with Crippen molar-refractivity contribution in [1.29, 1.82) is 0 Å². The van der Waals surface area contributed by atoms with Gasteiger partial charge in [-0.2, -0.15) is 0 Å². The van der Waals surface area contributed by atoms with Gasteiger partial charge in [-0.25, -0.2) is 0 Å². The van der Waals surface area contributed by atoms with Gasteiger partial charge >= 0.3 is 0 Å². The lowest BCUT2D eigenvalue weighted by Crippen LogP contribution is -2.26. The third-order valence-corrected chi connectivity index (χ3v) is 2.82. The third-order valence-electron chi connectivity index (χ3n) is 2.82. The normalized spacial score (nSPS) is 31.4. The first-order chi connectivity index (χ1) is 5.04. The van der Waals surface area contributed by atoms with E-state index in [-0.39, 0.29) is 5.41 Å². The van der Waals surface area contributed by atoms with Crippen molar-refractivity contribution in [1.82, 2.24) is 0 Å². The molecule has 1 aliphatic carbocycles. The van der Waals surface area contributed by atoms with Crippen LogP contribution in [0.3, 0.4) is 0 Å². The standard InChI is InChI=1S/C10H16O/c1-8-4-6-10(3,7-5-8)9(2)11/h4H,5-7H2,1-3H3/t10-/m0/s1. The average molecular weight is 152 g/mol. The summed E-state index contributed by atoms with van der Waals surface area (Å²) in [5, 5.41) is 0. The summed E-state index contributed by atoms with van der Waals surface area (Å²) in [5.74, 6) is 0.334. The zero-order chi connectivity index (χ0) is 8.48.